The number of ether oxygens (including phenoxy) is 1. The first-order chi connectivity index (χ1) is 9.51. The van der Waals surface area contributed by atoms with E-state index < -0.39 is 11.6 Å². The zero-order valence-corrected chi connectivity index (χ0v) is 11.8. The second kappa shape index (κ2) is 6.20. The quantitative estimate of drug-likeness (QED) is 0.884. The fourth-order valence-corrected chi connectivity index (χ4v) is 1.92. The lowest BCUT2D eigenvalue weighted by molar-refractivity contribution is 0.440. The summed E-state index contributed by atoms with van der Waals surface area (Å²) in [6.07, 6.45) is 0. The average Bonchev–Trinajstić information content (AvgIpc) is 2.42. The fourth-order valence-electron chi connectivity index (χ4n) is 1.71. The van der Waals surface area contributed by atoms with E-state index in [0.717, 1.165) is 11.6 Å². The molecule has 1 atom stereocenters. The van der Waals surface area contributed by atoms with Crippen LogP contribution in [0.1, 0.15) is 18.5 Å². The van der Waals surface area contributed by atoms with Gasteiger partial charge >= 0.3 is 0 Å². The molecule has 0 saturated heterocycles. The van der Waals surface area contributed by atoms with E-state index in [2.05, 4.69) is 5.32 Å². The van der Waals surface area contributed by atoms with Crippen molar-refractivity contribution in [3.05, 3.63) is 58.6 Å². The highest BCUT2D eigenvalue weighted by atomic mass is 35.5. The van der Waals surface area contributed by atoms with E-state index in [9.17, 15) is 8.78 Å². The van der Waals surface area contributed by atoms with E-state index in [-0.39, 0.29) is 22.6 Å². The Bertz CT molecular complexity index is 619. The normalized spacial score (nSPS) is 12.2. The van der Waals surface area contributed by atoms with E-state index >= 15 is 0 Å². The summed E-state index contributed by atoms with van der Waals surface area (Å²) in [7, 11) is 1.80. The molecule has 0 aromatic heterocycles. The Labute approximate surface area is 121 Å². The van der Waals surface area contributed by atoms with Crippen LogP contribution in [0.2, 0.25) is 5.02 Å². The molecular weight excluding hydrogens is 284 g/mol. The van der Waals surface area contributed by atoms with Crippen LogP contribution in [-0.2, 0) is 0 Å². The fraction of sp³-hybridized carbons (Fsp3) is 0.200. The molecule has 5 heteroatoms. The first kappa shape index (κ1) is 14.8. The Morgan fingerprint density at radius 1 is 1.10 bits per heavy atom. The van der Waals surface area contributed by atoms with Gasteiger partial charge in [0.15, 0.2) is 11.6 Å². The van der Waals surface area contributed by atoms with Gasteiger partial charge in [-0.15, -0.1) is 0 Å². The molecule has 1 N–H and O–H groups in total. The highest BCUT2D eigenvalue weighted by Gasteiger charge is 2.11. The van der Waals surface area contributed by atoms with Crippen LogP contribution >= 0.6 is 11.6 Å². The van der Waals surface area contributed by atoms with E-state index in [1.54, 1.807) is 13.1 Å². The third kappa shape index (κ3) is 3.26. The summed E-state index contributed by atoms with van der Waals surface area (Å²) >= 11 is 5.84. The summed E-state index contributed by atoms with van der Waals surface area (Å²) < 4.78 is 32.3. The Hall–Kier alpha value is -1.65. The highest BCUT2D eigenvalue weighted by Crippen LogP contribution is 2.32. The van der Waals surface area contributed by atoms with Gasteiger partial charge in [-0.3, -0.25) is 0 Å². The lowest BCUT2D eigenvalue weighted by Gasteiger charge is -2.13. The molecule has 0 aliphatic carbocycles. The minimum atomic E-state index is -0.495. The van der Waals surface area contributed by atoms with E-state index in [1.807, 2.05) is 6.92 Å². The molecule has 0 radical (unpaired) electrons. The van der Waals surface area contributed by atoms with Gasteiger partial charge in [0, 0.05) is 6.04 Å². The van der Waals surface area contributed by atoms with Crippen molar-refractivity contribution in [2.45, 2.75) is 13.0 Å². The highest BCUT2D eigenvalue weighted by molar-refractivity contribution is 6.32. The van der Waals surface area contributed by atoms with Crippen LogP contribution in [0.4, 0.5) is 8.78 Å². The number of nitrogens with one attached hydrogen (secondary N) is 1. The molecule has 2 nitrogen and oxygen atoms in total. The van der Waals surface area contributed by atoms with Crippen molar-refractivity contribution in [3.8, 4) is 11.5 Å². The Kier molecular flexibility index (Phi) is 4.57. The molecular formula is C15H14ClF2NO. The summed E-state index contributed by atoms with van der Waals surface area (Å²) in [5.41, 5.74) is 0.808. The van der Waals surface area contributed by atoms with Crippen LogP contribution in [0, 0.1) is 11.6 Å². The van der Waals surface area contributed by atoms with Crippen LogP contribution in [0.3, 0.4) is 0 Å². The minimum absolute atomic E-state index is 0.0351. The maximum Gasteiger partial charge on any atom is 0.166 e. The molecule has 106 valence electrons. The van der Waals surface area contributed by atoms with Crippen LogP contribution < -0.4 is 10.1 Å². The van der Waals surface area contributed by atoms with E-state index in [0.29, 0.717) is 0 Å². The van der Waals surface area contributed by atoms with Gasteiger partial charge in [-0.2, -0.15) is 0 Å². The summed E-state index contributed by atoms with van der Waals surface area (Å²) in [5.74, 6) is -0.710. The molecule has 0 saturated carbocycles. The molecule has 0 bridgehead atoms. The summed E-state index contributed by atoms with van der Waals surface area (Å²) in [5, 5.41) is 3.12. The summed E-state index contributed by atoms with van der Waals surface area (Å²) in [6, 6.07) is 8.40. The maximum atomic E-state index is 14.0. The van der Waals surface area contributed by atoms with Crippen LogP contribution in [0.5, 0.6) is 11.5 Å². The summed E-state index contributed by atoms with van der Waals surface area (Å²) in [6.45, 7) is 1.92. The van der Waals surface area contributed by atoms with Gasteiger partial charge in [0.05, 0.1) is 5.02 Å². The zero-order chi connectivity index (χ0) is 14.7. The van der Waals surface area contributed by atoms with Crippen molar-refractivity contribution in [2.24, 2.45) is 0 Å². The molecule has 2 aromatic carbocycles. The maximum absolute atomic E-state index is 14.0. The van der Waals surface area contributed by atoms with E-state index in [1.165, 1.54) is 24.3 Å². The van der Waals surface area contributed by atoms with E-state index in [4.69, 9.17) is 16.3 Å². The van der Waals surface area contributed by atoms with Gasteiger partial charge in [0.1, 0.15) is 11.6 Å². The molecule has 2 rings (SSSR count). The van der Waals surface area contributed by atoms with Crippen LogP contribution in [-0.4, -0.2) is 7.05 Å². The predicted molar refractivity (Wildman–Crippen MR) is 75.4 cm³/mol. The van der Waals surface area contributed by atoms with Crippen molar-refractivity contribution < 1.29 is 13.5 Å². The number of benzene rings is 2. The van der Waals surface area contributed by atoms with Crippen molar-refractivity contribution in [1.82, 2.24) is 5.32 Å². The molecule has 0 aliphatic heterocycles. The van der Waals surface area contributed by atoms with Crippen molar-refractivity contribution in [1.29, 1.82) is 0 Å². The number of hydrogen-bond acceptors (Lipinski definition) is 2. The third-order valence-electron chi connectivity index (χ3n) is 3.00. The van der Waals surface area contributed by atoms with Gasteiger partial charge in [-0.05, 0) is 49.9 Å². The van der Waals surface area contributed by atoms with Crippen LogP contribution in [0.15, 0.2) is 36.4 Å². The van der Waals surface area contributed by atoms with Gasteiger partial charge in [-0.1, -0.05) is 17.7 Å². The average molecular weight is 298 g/mol. The third-order valence-corrected chi connectivity index (χ3v) is 3.30. The smallest absolute Gasteiger partial charge is 0.166 e. The molecule has 2 aromatic rings. The standard InChI is InChI=1S/C15H14ClF2NO/c1-9(19-2)10-3-5-15(13(18)7-10)20-14-6-4-11(17)8-12(14)16/h3-9,19H,1-2H3. The molecule has 1 unspecified atom stereocenters. The first-order valence-corrected chi connectivity index (χ1v) is 6.48. The first-order valence-electron chi connectivity index (χ1n) is 6.11. The lowest BCUT2D eigenvalue weighted by atomic mass is 10.1. The number of halogens is 3. The molecule has 0 amide bonds. The minimum Gasteiger partial charge on any atom is -0.453 e. The second-order valence-electron chi connectivity index (χ2n) is 4.38. The van der Waals surface area contributed by atoms with Gasteiger partial charge < -0.3 is 10.1 Å². The molecule has 20 heavy (non-hydrogen) atoms. The number of rotatable bonds is 4. The van der Waals surface area contributed by atoms with Gasteiger partial charge in [-0.25, -0.2) is 8.78 Å². The molecule has 0 heterocycles. The van der Waals surface area contributed by atoms with Crippen molar-refractivity contribution in [3.63, 3.8) is 0 Å². The lowest BCUT2D eigenvalue weighted by Crippen LogP contribution is -2.12. The summed E-state index contributed by atoms with van der Waals surface area (Å²) in [4.78, 5) is 0. The monoisotopic (exact) mass is 297 g/mol. The SMILES string of the molecule is CNC(C)c1ccc(Oc2ccc(F)cc2Cl)c(F)c1. The van der Waals surface area contributed by atoms with Crippen molar-refractivity contribution >= 4 is 11.6 Å². The Balaban J connectivity index is 2.25. The Morgan fingerprint density at radius 3 is 2.40 bits per heavy atom. The second-order valence-corrected chi connectivity index (χ2v) is 4.78. The number of hydrogen-bond donors (Lipinski definition) is 1. The topological polar surface area (TPSA) is 21.3 Å². The van der Waals surface area contributed by atoms with Crippen LogP contribution in [0.25, 0.3) is 0 Å². The zero-order valence-electron chi connectivity index (χ0n) is 11.1. The Morgan fingerprint density at radius 2 is 1.80 bits per heavy atom. The van der Waals surface area contributed by atoms with Crippen molar-refractivity contribution in [2.75, 3.05) is 7.05 Å². The van der Waals surface area contributed by atoms with Gasteiger partial charge in [0.25, 0.3) is 0 Å². The largest absolute Gasteiger partial charge is 0.453 e. The molecule has 0 spiro atoms. The molecule has 0 aliphatic rings. The van der Waals surface area contributed by atoms with Gasteiger partial charge in [0.2, 0.25) is 0 Å². The molecule has 0 fully saturated rings. The predicted octanol–water partition coefficient (Wildman–Crippen LogP) is 4.69.